The smallest absolute Gasteiger partial charge is 0.328 e. The number of aliphatic hydroxyl groups is 3. The van der Waals surface area contributed by atoms with E-state index in [1.54, 1.807) is 12.1 Å². The van der Waals surface area contributed by atoms with Gasteiger partial charge in [0.05, 0.1) is 7.11 Å². The van der Waals surface area contributed by atoms with Crippen LogP contribution in [0.1, 0.15) is 23.6 Å². The summed E-state index contributed by atoms with van der Waals surface area (Å²) in [6, 6.07) is 12.6. The maximum absolute atomic E-state index is 10.9. The number of carboxylic acid groups (broad SMARTS) is 1. The van der Waals surface area contributed by atoms with Crippen LogP contribution in [0.4, 0.5) is 0 Å². The summed E-state index contributed by atoms with van der Waals surface area (Å²) >= 11 is 0. The van der Waals surface area contributed by atoms with Crippen LogP contribution in [0, 0.1) is 0 Å². The maximum Gasteiger partial charge on any atom is 0.328 e. The molecule has 0 fully saturated rings. The quantitative estimate of drug-likeness (QED) is 0.383. The maximum atomic E-state index is 10.9. The fourth-order valence-corrected chi connectivity index (χ4v) is 2.59. The van der Waals surface area contributed by atoms with Crippen molar-refractivity contribution >= 4 is 12.0 Å². The number of carboxylic acids is 1. The minimum atomic E-state index is -2.32. The highest BCUT2D eigenvalue weighted by Crippen LogP contribution is 2.36. The first-order valence-corrected chi connectivity index (χ1v) is 8.62. The summed E-state index contributed by atoms with van der Waals surface area (Å²) in [4.78, 5) is 10.9. The van der Waals surface area contributed by atoms with Crippen molar-refractivity contribution in [3.05, 3.63) is 65.2 Å². The first-order chi connectivity index (χ1) is 13.2. The molecule has 4 N–H and O–H groups in total. The fourth-order valence-electron chi connectivity index (χ4n) is 2.59. The van der Waals surface area contributed by atoms with Gasteiger partial charge < -0.3 is 29.9 Å². The van der Waals surface area contributed by atoms with E-state index in [0.29, 0.717) is 22.6 Å². The van der Waals surface area contributed by atoms with Crippen molar-refractivity contribution in [2.75, 3.05) is 7.11 Å². The zero-order valence-electron chi connectivity index (χ0n) is 15.7. The van der Waals surface area contributed by atoms with Gasteiger partial charge in [-0.15, -0.1) is 0 Å². The van der Waals surface area contributed by atoms with Crippen molar-refractivity contribution in [1.29, 1.82) is 0 Å². The van der Waals surface area contributed by atoms with E-state index in [9.17, 15) is 20.1 Å². The third-order valence-corrected chi connectivity index (χ3v) is 4.13. The van der Waals surface area contributed by atoms with Gasteiger partial charge in [0.25, 0.3) is 0 Å². The van der Waals surface area contributed by atoms with Crippen LogP contribution in [-0.2, 0) is 17.8 Å². The molecular weight excluding hydrogens is 364 g/mol. The number of hydrogen-bond donors (Lipinski definition) is 4. The summed E-state index contributed by atoms with van der Waals surface area (Å²) in [5.74, 6) is -2.78. The van der Waals surface area contributed by atoms with Gasteiger partial charge in [-0.3, -0.25) is 0 Å². The second-order valence-electron chi connectivity index (χ2n) is 6.42. The summed E-state index contributed by atoms with van der Waals surface area (Å²) in [7, 11) is 1.44. The number of hydrogen-bond acceptors (Lipinski definition) is 6. The summed E-state index contributed by atoms with van der Waals surface area (Å²) in [6.07, 6.45) is 0.652. The summed E-state index contributed by atoms with van der Waals surface area (Å²) in [5, 5.41) is 38.5. The van der Waals surface area contributed by atoms with Gasteiger partial charge in [0.1, 0.15) is 24.2 Å². The molecule has 0 aliphatic carbocycles. The number of ether oxygens (including phenoxy) is 2. The van der Waals surface area contributed by atoms with Gasteiger partial charge in [0.2, 0.25) is 0 Å². The number of aliphatic hydroxyl groups excluding tert-OH is 1. The molecule has 0 aliphatic heterocycles. The Bertz CT molecular complexity index is 823. The van der Waals surface area contributed by atoms with Crippen molar-refractivity contribution in [3.8, 4) is 11.5 Å². The largest absolute Gasteiger partial charge is 0.496 e. The highest BCUT2D eigenvalue weighted by Gasteiger charge is 2.30. The molecule has 2 aromatic carbocycles. The predicted octanol–water partition coefficient (Wildman–Crippen LogP) is 1.98. The van der Waals surface area contributed by atoms with Crippen molar-refractivity contribution in [2.24, 2.45) is 0 Å². The van der Waals surface area contributed by atoms with Gasteiger partial charge in [-0.25, -0.2) is 4.79 Å². The van der Waals surface area contributed by atoms with Gasteiger partial charge in [-0.05, 0) is 30.7 Å². The standard InChI is InChI=1S/C21H24O7/c1-21(25,26)18(22)12-16-17(27-2)10-8-15(9-11-19(23)24)20(16)28-13-14-6-4-3-5-7-14/h3-11,18,22,25-26H,12-13H2,1-2H3,(H,23,24)/b11-9-. The Labute approximate surface area is 163 Å². The number of benzene rings is 2. The van der Waals surface area contributed by atoms with Crippen LogP contribution in [0.5, 0.6) is 11.5 Å². The van der Waals surface area contributed by atoms with Gasteiger partial charge in [-0.2, -0.15) is 0 Å². The van der Waals surface area contributed by atoms with E-state index in [4.69, 9.17) is 14.6 Å². The zero-order chi connectivity index (χ0) is 20.7. The molecule has 0 bridgehead atoms. The van der Waals surface area contributed by atoms with Crippen LogP contribution < -0.4 is 9.47 Å². The molecule has 0 aromatic heterocycles. The van der Waals surface area contributed by atoms with Crippen molar-refractivity contribution in [2.45, 2.75) is 31.8 Å². The number of aliphatic carboxylic acids is 1. The van der Waals surface area contributed by atoms with Crippen molar-refractivity contribution in [3.63, 3.8) is 0 Å². The number of methoxy groups -OCH3 is 1. The zero-order valence-corrected chi connectivity index (χ0v) is 15.7. The Kier molecular flexibility index (Phi) is 7.17. The lowest BCUT2D eigenvalue weighted by atomic mass is 9.98. The Balaban J connectivity index is 2.48. The van der Waals surface area contributed by atoms with E-state index in [2.05, 4.69) is 0 Å². The molecule has 0 spiro atoms. The molecule has 28 heavy (non-hydrogen) atoms. The summed E-state index contributed by atoms with van der Waals surface area (Å²) in [6.45, 7) is 1.27. The first kappa shape index (κ1) is 21.4. The lowest BCUT2D eigenvalue weighted by Crippen LogP contribution is -2.40. The van der Waals surface area contributed by atoms with Gasteiger partial charge in [0, 0.05) is 23.6 Å². The average molecular weight is 388 g/mol. The third kappa shape index (κ3) is 5.82. The molecule has 0 saturated carbocycles. The monoisotopic (exact) mass is 388 g/mol. The topological polar surface area (TPSA) is 116 Å². The first-order valence-electron chi connectivity index (χ1n) is 8.62. The lowest BCUT2D eigenvalue weighted by Gasteiger charge is -2.25. The highest BCUT2D eigenvalue weighted by molar-refractivity contribution is 5.86. The molecule has 150 valence electrons. The normalized spacial score (nSPS) is 12.8. The molecular formula is C21H24O7. The van der Waals surface area contributed by atoms with E-state index in [1.807, 2.05) is 30.3 Å². The SMILES string of the molecule is COc1ccc(/C=C\C(=O)O)c(OCc2ccccc2)c1CC(O)C(C)(O)O. The second kappa shape index (κ2) is 9.36. The van der Waals surface area contributed by atoms with E-state index >= 15 is 0 Å². The molecule has 1 unspecified atom stereocenters. The Hall–Kier alpha value is -2.87. The van der Waals surface area contributed by atoms with Crippen LogP contribution in [0.3, 0.4) is 0 Å². The average Bonchev–Trinajstić information content (AvgIpc) is 2.65. The molecule has 7 nitrogen and oxygen atoms in total. The Morgan fingerprint density at radius 2 is 1.86 bits per heavy atom. The van der Waals surface area contributed by atoms with Crippen molar-refractivity contribution < 1.29 is 34.7 Å². The molecule has 0 aliphatic rings. The lowest BCUT2D eigenvalue weighted by molar-refractivity contribution is -0.210. The van der Waals surface area contributed by atoms with Gasteiger partial charge >= 0.3 is 5.97 Å². The summed E-state index contributed by atoms with van der Waals surface area (Å²) in [5.41, 5.74) is 1.74. The summed E-state index contributed by atoms with van der Waals surface area (Å²) < 4.78 is 11.3. The van der Waals surface area contributed by atoms with Crippen LogP contribution in [0.25, 0.3) is 6.08 Å². The molecule has 1 atom stereocenters. The molecule has 0 heterocycles. The Morgan fingerprint density at radius 1 is 1.18 bits per heavy atom. The molecule has 2 rings (SSSR count). The molecule has 0 amide bonds. The van der Waals surface area contributed by atoms with Gasteiger partial charge in [-0.1, -0.05) is 30.3 Å². The van der Waals surface area contributed by atoms with Crippen molar-refractivity contribution in [1.82, 2.24) is 0 Å². The van der Waals surface area contributed by atoms with E-state index in [-0.39, 0.29) is 13.0 Å². The third-order valence-electron chi connectivity index (χ3n) is 4.13. The molecule has 0 saturated heterocycles. The minimum Gasteiger partial charge on any atom is -0.496 e. The predicted molar refractivity (Wildman–Crippen MR) is 103 cm³/mol. The molecule has 7 heteroatoms. The minimum absolute atomic E-state index is 0.175. The van der Waals surface area contributed by atoms with Crippen LogP contribution in [-0.4, -0.2) is 45.4 Å². The van der Waals surface area contributed by atoms with Crippen LogP contribution in [0.2, 0.25) is 0 Å². The highest BCUT2D eigenvalue weighted by atomic mass is 16.5. The second-order valence-corrected chi connectivity index (χ2v) is 6.42. The molecule has 2 aromatic rings. The van der Waals surface area contributed by atoms with Gasteiger partial charge in [0.15, 0.2) is 5.79 Å². The van der Waals surface area contributed by atoms with E-state index in [0.717, 1.165) is 18.6 Å². The van der Waals surface area contributed by atoms with E-state index < -0.39 is 17.9 Å². The van der Waals surface area contributed by atoms with E-state index in [1.165, 1.54) is 13.2 Å². The fraction of sp³-hybridized carbons (Fsp3) is 0.286. The van der Waals surface area contributed by atoms with Crippen LogP contribution >= 0.6 is 0 Å². The Morgan fingerprint density at radius 3 is 2.43 bits per heavy atom. The molecule has 0 radical (unpaired) electrons. The number of carbonyl (C=O) groups is 1. The van der Waals surface area contributed by atoms with Crippen LogP contribution in [0.15, 0.2) is 48.5 Å². The number of rotatable bonds is 9.